The number of carboxylic acid groups (broad SMARTS) is 1. The van der Waals surface area contributed by atoms with Gasteiger partial charge in [0.2, 0.25) is 5.54 Å². The van der Waals surface area contributed by atoms with E-state index in [-0.39, 0.29) is 18.8 Å². The van der Waals surface area contributed by atoms with Crippen LogP contribution in [0.3, 0.4) is 0 Å². The van der Waals surface area contributed by atoms with Crippen molar-refractivity contribution in [3.8, 4) is 0 Å². The second kappa shape index (κ2) is 4.24. The summed E-state index contributed by atoms with van der Waals surface area (Å²) in [5.41, 5.74) is 2.03. The number of aliphatic carboxylic acids is 1. The Kier molecular flexibility index (Phi) is 3.52. The summed E-state index contributed by atoms with van der Waals surface area (Å²) >= 11 is 0. The Morgan fingerprint density at radius 3 is 2.31 bits per heavy atom. The summed E-state index contributed by atoms with van der Waals surface area (Å²) in [6.07, 6.45) is -3.01. The number of carboxylic acids is 1. The average molecular weight is 239 g/mol. The largest absolute Gasteiger partial charge is 0.480 e. The van der Waals surface area contributed by atoms with Crippen LogP contribution in [0.25, 0.3) is 0 Å². The third-order valence-electron chi connectivity index (χ3n) is 3.40. The highest BCUT2D eigenvalue weighted by atomic mass is 19.4. The van der Waals surface area contributed by atoms with E-state index < -0.39 is 23.6 Å². The van der Waals surface area contributed by atoms with Crippen molar-refractivity contribution >= 4 is 5.97 Å². The van der Waals surface area contributed by atoms with Gasteiger partial charge in [-0.2, -0.15) is 13.2 Å². The minimum absolute atomic E-state index is 0.100. The summed E-state index contributed by atoms with van der Waals surface area (Å²) in [4.78, 5) is 10.8. The highest BCUT2D eigenvalue weighted by molar-refractivity contribution is 5.80. The monoisotopic (exact) mass is 239 g/mol. The fraction of sp³-hybridized carbons (Fsp3) is 0.900. The number of nitrogens with two attached hydrogens (primary N) is 1. The van der Waals surface area contributed by atoms with Crippen molar-refractivity contribution in [1.29, 1.82) is 0 Å². The first-order valence-corrected chi connectivity index (χ1v) is 5.28. The summed E-state index contributed by atoms with van der Waals surface area (Å²) in [6.45, 7) is 1.82. The molecule has 0 aromatic rings. The molecule has 16 heavy (non-hydrogen) atoms. The minimum Gasteiger partial charge on any atom is -0.480 e. The smallest absolute Gasteiger partial charge is 0.417 e. The maximum absolute atomic E-state index is 12.8. The van der Waals surface area contributed by atoms with Gasteiger partial charge in [0.1, 0.15) is 0 Å². The lowest BCUT2D eigenvalue weighted by Crippen LogP contribution is -2.65. The summed E-state index contributed by atoms with van der Waals surface area (Å²) in [5.74, 6) is -2.89. The van der Waals surface area contributed by atoms with Crippen LogP contribution in [0.15, 0.2) is 0 Å². The van der Waals surface area contributed by atoms with Crippen molar-refractivity contribution in [1.82, 2.24) is 0 Å². The standard InChI is InChI=1S/C10H16F3NO2/c1-6-3-2-4-7(5-6)9(14,8(15)16)10(11,12)13/h6-7H,2-5,14H2,1H3,(H,15,16). The molecule has 0 amide bonds. The van der Waals surface area contributed by atoms with E-state index in [1.165, 1.54) is 0 Å². The van der Waals surface area contributed by atoms with Gasteiger partial charge in [-0.1, -0.05) is 19.8 Å². The van der Waals surface area contributed by atoms with Crippen molar-refractivity contribution in [2.45, 2.75) is 44.3 Å². The van der Waals surface area contributed by atoms with Gasteiger partial charge in [-0.3, -0.25) is 0 Å². The summed E-state index contributed by atoms with van der Waals surface area (Å²) in [5, 5.41) is 8.76. The lowest BCUT2D eigenvalue weighted by atomic mass is 9.71. The van der Waals surface area contributed by atoms with Crippen LogP contribution in [0.2, 0.25) is 0 Å². The predicted molar refractivity (Wildman–Crippen MR) is 51.7 cm³/mol. The highest BCUT2D eigenvalue weighted by Crippen LogP contribution is 2.42. The molecule has 0 spiro atoms. The zero-order valence-electron chi connectivity index (χ0n) is 9.05. The quantitative estimate of drug-likeness (QED) is 0.776. The van der Waals surface area contributed by atoms with Crippen LogP contribution in [0.4, 0.5) is 13.2 Å². The molecule has 0 aromatic carbocycles. The van der Waals surface area contributed by atoms with Gasteiger partial charge in [0.05, 0.1) is 0 Å². The van der Waals surface area contributed by atoms with Gasteiger partial charge < -0.3 is 10.8 Å². The number of carbonyl (C=O) groups is 1. The van der Waals surface area contributed by atoms with Crippen LogP contribution in [0.1, 0.15) is 32.6 Å². The molecule has 3 nitrogen and oxygen atoms in total. The van der Waals surface area contributed by atoms with Crippen molar-refractivity contribution < 1.29 is 23.1 Å². The average Bonchev–Trinajstić information content (AvgIpc) is 2.14. The Morgan fingerprint density at radius 2 is 1.94 bits per heavy atom. The van der Waals surface area contributed by atoms with Gasteiger partial charge in [-0.15, -0.1) is 0 Å². The van der Waals surface area contributed by atoms with Crippen molar-refractivity contribution in [2.75, 3.05) is 0 Å². The molecule has 1 saturated carbocycles. The molecular formula is C10H16F3NO2. The molecule has 3 N–H and O–H groups in total. The first-order valence-electron chi connectivity index (χ1n) is 5.28. The van der Waals surface area contributed by atoms with Gasteiger partial charge in [-0.25, -0.2) is 4.79 Å². The van der Waals surface area contributed by atoms with E-state index in [0.717, 1.165) is 6.42 Å². The van der Waals surface area contributed by atoms with E-state index in [1.807, 2.05) is 6.92 Å². The Balaban J connectivity index is 2.98. The normalized spacial score (nSPS) is 30.8. The molecule has 0 bridgehead atoms. The lowest BCUT2D eigenvalue weighted by molar-refractivity contribution is -0.216. The first kappa shape index (κ1) is 13.3. The van der Waals surface area contributed by atoms with Crippen LogP contribution in [0.5, 0.6) is 0 Å². The second-order valence-corrected chi connectivity index (χ2v) is 4.64. The molecule has 3 atom stereocenters. The van der Waals surface area contributed by atoms with Gasteiger partial charge in [0.25, 0.3) is 0 Å². The molecule has 1 aliphatic rings. The summed E-state index contributed by atoms with van der Waals surface area (Å²) < 4.78 is 38.3. The summed E-state index contributed by atoms with van der Waals surface area (Å²) in [6, 6.07) is 0. The van der Waals surface area contributed by atoms with E-state index in [0.29, 0.717) is 6.42 Å². The Bertz CT molecular complexity index is 280. The number of hydrogen-bond acceptors (Lipinski definition) is 2. The number of halogens is 3. The molecule has 0 saturated heterocycles. The van der Waals surface area contributed by atoms with Crippen molar-refractivity contribution in [2.24, 2.45) is 17.6 Å². The van der Waals surface area contributed by atoms with Gasteiger partial charge in [0, 0.05) is 0 Å². The third-order valence-corrected chi connectivity index (χ3v) is 3.40. The Morgan fingerprint density at radius 1 is 1.38 bits per heavy atom. The highest BCUT2D eigenvalue weighted by Gasteiger charge is 2.62. The predicted octanol–water partition coefficient (Wildman–Crippen LogP) is 2.16. The zero-order chi connectivity index (χ0) is 12.6. The molecule has 1 fully saturated rings. The van der Waals surface area contributed by atoms with E-state index in [4.69, 9.17) is 10.8 Å². The number of alkyl halides is 3. The number of rotatable bonds is 2. The summed E-state index contributed by atoms with van der Waals surface area (Å²) in [7, 11) is 0. The minimum atomic E-state index is -4.90. The molecule has 1 aliphatic carbocycles. The molecule has 1 rings (SSSR count). The number of hydrogen-bond donors (Lipinski definition) is 2. The Hall–Kier alpha value is -0.780. The molecule has 0 heterocycles. The maximum Gasteiger partial charge on any atom is 0.417 e. The fourth-order valence-corrected chi connectivity index (χ4v) is 2.38. The van der Waals surface area contributed by atoms with Gasteiger partial charge in [0.15, 0.2) is 0 Å². The van der Waals surface area contributed by atoms with Crippen LogP contribution in [-0.2, 0) is 4.79 Å². The molecule has 0 radical (unpaired) electrons. The van der Waals surface area contributed by atoms with E-state index in [1.54, 1.807) is 0 Å². The van der Waals surface area contributed by atoms with E-state index >= 15 is 0 Å². The third kappa shape index (κ3) is 2.16. The van der Waals surface area contributed by atoms with Gasteiger partial charge in [-0.05, 0) is 24.7 Å². The molecule has 3 unspecified atom stereocenters. The Labute approximate surface area is 91.8 Å². The topological polar surface area (TPSA) is 63.3 Å². The molecule has 0 aromatic heterocycles. The van der Waals surface area contributed by atoms with Crippen LogP contribution in [0, 0.1) is 11.8 Å². The van der Waals surface area contributed by atoms with E-state index in [2.05, 4.69) is 0 Å². The van der Waals surface area contributed by atoms with Crippen molar-refractivity contribution in [3.05, 3.63) is 0 Å². The maximum atomic E-state index is 12.8. The van der Waals surface area contributed by atoms with Crippen LogP contribution < -0.4 is 5.73 Å². The zero-order valence-corrected chi connectivity index (χ0v) is 9.05. The lowest BCUT2D eigenvalue weighted by Gasteiger charge is -2.39. The molecule has 6 heteroatoms. The van der Waals surface area contributed by atoms with Crippen molar-refractivity contribution in [3.63, 3.8) is 0 Å². The van der Waals surface area contributed by atoms with E-state index in [9.17, 15) is 18.0 Å². The molecule has 94 valence electrons. The SMILES string of the molecule is CC1CCCC(C(N)(C(=O)O)C(F)(F)F)C1. The van der Waals surface area contributed by atoms with Crippen LogP contribution >= 0.6 is 0 Å². The van der Waals surface area contributed by atoms with Gasteiger partial charge >= 0.3 is 12.1 Å². The molecular weight excluding hydrogens is 223 g/mol. The van der Waals surface area contributed by atoms with Crippen LogP contribution in [-0.4, -0.2) is 22.8 Å². The first-order chi connectivity index (χ1) is 7.19. The fourth-order valence-electron chi connectivity index (χ4n) is 2.38. The second-order valence-electron chi connectivity index (χ2n) is 4.64. The molecule has 0 aliphatic heterocycles.